The first-order valence-electron chi connectivity index (χ1n) is 9.27. The minimum Gasteiger partial charge on any atom is -0.357 e. The number of halogens is 3. The van der Waals surface area contributed by atoms with E-state index in [-0.39, 0.29) is 12.2 Å². The first-order valence-corrected chi connectivity index (χ1v) is 9.27. The Bertz CT molecular complexity index is 1150. The van der Waals surface area contributed by atoms with Crippen LogP contribution in [0.1, 0.15) is 22.5 Å². The van der Waals surface area contributed by atoms with Crippen LogP contribution in [0.25, 0.3) is 22.3 Å². The van der Waals surface area contributed by atoms with Gasteiger partial charge in [0.15, 0.2) is 0 Å². The quantitative estimate of drug-likeness (QED) is 0.487. The van der Waals surface area contributed by atoms with Crippen LogP contribution >= 0.6 is 0 Å². The molecular formula is C21H18F3N5O. The molecule has 2 N–H and O–H groups in total. The summed E-state index contributed by atoms with van der Waals surface area (Å²) < 4.78 is 38.4. The van der Waals surface area contributed by atoms with Crippen LogP contribution in [-0.4, -0.2) is 43.5 Å². The second-order valence-corrected chi connectivity index (χ2v) is 6.84. The molecule has 0 saturated heterocycles. The molecule has 154 valence electrons. The zero-order valence-electron chi connectivity index (χ0n) is 15.8. The Kier molecular flexibility index (Phi) is 5.26. The molecule has 0 atom stereocenters. The van der Waals surface area contributed by atoms with Gasteiger partial charge in [-0.05, 0) is 17.7 Å². The van der Waals surface area contributed by atoms with Crippen molar-refractivity contribution in [2.24, 2.45) is 0 Å². The van der Waals surface area contributed by atoms with Crippen LogP contribution in [-0.2, 0) is 6.54 Å². The van der Waals surface area contributed by atoms with Crippen molar-refractivity contribution in [1.29, 1.82) is 0 Å². The Hall–Kier alpha value is -3.62. The molecule has 4 rings (SSSR count). The normalized spacial score (nSPS) is 11.7. The van der Waals surface area contributed by atoms with Gasteiger partial charge in [-0.1, -0.05) is 30.3 Å². The van der Waals surface area contributed by atoms with Crippen molar-refractivity contribution in [3.05, 3.63) is 72.4 Å². The summed E-state index contributed by atoms with van der Waals surface area (Å²) in [6.07, 6.45) is -0.660. The van der Waals surface area contributed by atoms with Crippen molar-refractivity contribution in [2.45, 2.75) is 19.1 Å². The van der Waals surface area contributed by atoms with Gasteiger partial charge in [-0.2, -0.15) is 13.2 Å². The lowest BCUT2D eigenvalue weighted by Gasteiger charge is -2.23. The van der Waals surface area contributed by atoms with E-state index in [1.54, 1.807) is 42.7 Å². The highest BCUT2D eigenvalue weighted by molar-refractivity contribution is 5.96. The van der Waals surface area contributed by atoms with Crippen LogP contribution in [0.3, 0.4) is 0 Å². The average molecular weight is 413 g/mol. The molecule has 1 aromatic carbocycles. The first kappa shape index (κ1) is 19.7. The molecule has 9 heteroatoms. The van der Waals surface area contributed by atoms with Crippen LogP contribution < -0.4 is 0 Å². The van der Waals surface area contributed by atoms with Gasteiger partial charge < -0.3 is 14.9 Å². The molecule has 4 aromatic rings. The summed E-state index contributed by atoms with van der Waals surface area (Å²) >= 11 is 0. The fourth-order valence-electron chi connectivity index (χ4n) is 3.25. The lowest BCUT2D eigenvalue weighted by molar-refractivity contribution is -0.136. The molecule has 0 aliphatic heterocycles. The second kappa shape index (κ2) is 8.02. The third-order valence-corrected chi connectivity index (χ3v) is 4.71. The number of carbonyl (C=O) groups excluding carboxylic acids is 1. The summed E-state index contributed by atoms with van der Waals surface area (Å²) in [5, 5.41) is 0.786. The van der Waals surface area contributed by atoms with Crippen molar-refractivity contribution in [3.63, 3.8) is 0 Å². The highest BCUT2D eigenvalue weighted by Gasteiger charge is 2.29. The number of H-pyrrole nitrogens is 2. The van der Waals surface area contributed by atoms with Crippen LogP contribution in [0.2, 0.25) is 0 Å². The molecule has 0 spiro atoms. The fraction of sp³-hybridized carbons (Fsp3) is 0.190. The van der Waals surface area contributed by atoms with Gasteiger partial charge >= 0.3 is 6.18 Å². The van der Waals surface area contributed by atoms with Crippen molar-refractivity contribution >= 4 is 16.9 Å². The Morgan fingerprint density at radius 2 is 1.87 bits per heavy atom. The first-order chi connectivity index (χ1) is 14.4. The molecule has 0 aliphatic rings. The molecule has 1 amide bonds. The van der Waals surface area contributed by atoms with Crippen LogP contribution in [0, 0.1) is 0 Å². The second-order valence-electron chi connectivity index (χ2n) is 6.84. The van der Waals surface area contributed by atoms with Gasteiger partial charge in [-0.3, -0.25) is 4.79 Å². The van der Waals surface area contributed by atoms with E-state index in [1.165, 1.54) is 11.2 Å². The molecule has 3 aromatic heterocycles. The summed E-state index contributed by atoms with van der Waals surface area (Å²) in [6, 6.07) is 12.4. The van der Waals surface area contributed by atoms with E-state index < -0.39 is 25.0 Å². The number of aromatic nitrogens is 4. The Morgan fingerprint density at radius 3 is 2.63 bits per heavy atom. The summed E-state index contributed by atoms with van der Waals surface area (Å²) in [5.41, 5.74) is 2.89. The highest BCUT2D eigenvalue weighted by atomic mass is 19.4. The molecular weight excluding hydrogens is 395 g/mol. The van der Waals surface area contributed by atoms with Gasteiger partial charge in [-0.15, -0.1) is 0 Å². The number of hydrogen-bond acceptors (Lipinski definition) is 3. The zero-order chi connectivity index (χ0) is 21.1. The molecule has 0 saturated carbocycles. The maximum atomic E-state index is 13.0. The van der Waals surface area contributed by atoms with Crippen molar-refractivity contribution in [1.82, 2.24) is 24.8 Å². The fourth-order valence-corrected chi connectivity index (χ4v) is 3.25. The molecule has 0 fully saturated rings. The van der Waals surface area contributed by atoms with Crippen LogP contribution in [0.5, 0.6) is 0 Å². The van der Waals surface area contributed by atoms with E-state index in [1.807, 2.05) is 12.1 Å². The molecule has 0 bridgehead atoms. The summed E-state index contributed by atoms with van der Waals surface area (Å²) in [6.45, 7) is -0.346. The van der Waals surface area contributed by atoms with E-state index >= 15 is 0 Å². The topological polar surface area (TPSA) is 77.7 Å². The molecule has 0 radical (unpaired) electrons. The Morgan fingerprint density at radius 1 is 1.07 bits per heavy atom. The molecule has 6 nitrogen and oxygen atoms in total. The number of amides is 1. The lowest BCUT2D eigenvalue weighted by atomic mass is 10.1. The third-order valence-electron chi connectivity index (χ3n) is 4.71. The van der Waals surface area contributed by atoms with Crippen molar-refractivity contribution in [3.8, 4) is 11.3 Å². The smallest absolute Gasteiger partial charge is 0.357 e. The summed E-state index contributed by atoms with van der Waals surface area (Å²) in [7, 11) is 0. The number of aromatic amines is 2. The largest absolute Gasteiger partial charge is 0.390 e. The third kappa shape index (κ3) is 4.35. The van der Waals surface area contributed by atoms with Crippen LogP contribution in [0.4, 0.5) is 13.2 Å². The monoisotopic (exact) mass is 413 g/mol. The van der Waals surface area contributed by atoms with E-state index in [0.717, 1.165) is 10.9 Å². The predicted molar refractivity (Wildman–Crippen MR) is 106 cm³/mol. The summed E-state index contributed by atoms with van der Waals surface area (Å²) in [5.74, 6) is -0.506. The number of fused-ring (bicyclic) bond motifs is 1. The minimum absolute atomic E-state index is 0.0830. The molecule has 30 heavy (non-hydrogen) atoms. The standard InChI is InChI=1S/C21H18F3N5O/c22-21(23,24)7-9-29(12-14-4-2-1-3-5-14)20(30)17-10-15(11-26-17)18-16-6-8-25-19(16)28-13-27-18/h1-6,8,10-11,13,26H,7,9,12H2,(H,25,27,28). The lowest BCUT2D eigenvalue weighted by Crippen LogP contribution is -2.34. The van der Waals surface area contributed by atoms with Gasteiger partial charge in [0.25, 0.3) is 5.91 Å². The maximum absolute atomic E-state index is 13.0. The number of alkyl halides is 3. The van der Waals surface area contributed by atoms with Gasteiger partial charge in [0.1, 0.15) is 17.7 Å². The SMILES string of the molecule is O=C(c1cc(-c2ncnc3[nH]ccc23)c[nH]1)N(CCC(F)(F)F)Cc1ccccc1. The van der Waals surface area contributed by atoms with Gasteiger partial charge in [-0.25, -0.2) is 9.97 Å². The van der Waals surface area contributed by atoms with Gasteiger partial charge in [0.2, 0.25) is 0 Å². The van der Waals surface area contributed by atoms with E-state index in [4.69, 9.17) is 0 Å². The molecule has 0 aliphatic carbocycles. The number of rotatable bonds is 6. The van der Waals surface area contributed by atoms with Crippen molar-refractivity contribution in [2.75, 3.05) is 6.54 Å². The van der Waals surface area contributed by atoms with E-state index in [9.17, 15) is 18.0 Å². The predicted octanol–water partition coefficient (Wildman–Crippen LogP) is 4.55. The Labute approximate surface area is 169 Å². The van der Waals surface area contributed by atoms with Gasteiger partial charge in [0, 0.05) is 36.4 Å². The molecule has 3 heterocycles. The minimum atomic E-state index is -4.35. The molecule has 0 unspecified atom stereocenters. The van der Waals surface area contributed by atoms with Gasteiger partial charge in [0.05, 0.1) is 12.1 Å². The van der Waals surface area contributed by atoms with E-state index in [0.29, 0.717) is 16.9 Å². The number of nitrogens with zero attached hydrogens (tertiary/aromatic N) is 3. The van der Waals surface area contributed by atoms with Crippen LogP contribution in [0.15, 0.2) is 61.2 Å². The highest BCUT2D eigenvalue weighted by Crippen LogP contribution is 2.26. The summed E-state index contributed by atoms with van der Waals surface area (Å²) in [4.78, 5) is 28.5. The zero-order valence-corrected chi connectivity index (χ0v) is 15.8. The maximum Gasteiger partial charge on any atom is 0.390 e. The number of carbonyl (C=O) groups is 1. The number of nitrogens with one attached hydrogen (secondary N) is 2. The number of benzene rings is 1. The van der Waals surface area contributed by atoms with Crippen molar-refractivity contribution < 1.29 is 18.0 Å². The Balaban J connectivity index is 1.60. The van der Waals surface area contributed by atoms with E-state index in [2.05, 4.69) is 19.9 Å². The number of hydrogen-bond donors (Lipinski definition) is 2. The average Bonchev–Trinajstić information content (AvgIpc) is 3.40.